The Balaban J connectivity index is 1.80. The lowest BCUT2D eigenvalue weighted by Crippen LogP contribution is -2.37. The molecule has 4 nitrogen and oxygen atoms in total. The third kappa shape index (κ3) is 3.02. The number of anilines is 1. The van der Waals surface area contributed by atoms with E-state index in [0.29, 0.717) is 17.1 Å². The third-order valence-corrected chi connectivity index (χ3v) is 6.26. The van der Waals surface area contributed by atoms with Gasteiger partial charge in [-0.05, 0) is 56.5 Å². The molecule has 0 radical (unpaired) electrons. The molecule has 1 aromatic carbocycles. The highest BCUT2D eigenvalue weighted by molar-refractivity contribution is 7.14. The Morgan fingerprint density at radius 3 is 2.80 bits per heavy atom. The molecule has 0 bridgehead atoms. The van der Waals surface area contributed by atoms with Crippen LogP contribution in [0.15, 0.2) is 35.4 Å². The van der Waals surface area contributed by atoms with Crippen molar-refractivity contribution in [3.63, 3.8) is 0 Å². The Kier molecular flexibility index (Phi) is 4.21. The van der Waals surface area contributed by atoms with Crippen LogP contribution in [-0.2, 0) is 11.2 Å². The summed E-state index contributed by atoms with van der Waals surface area (Å²) in [5.41, 5.74) is 2.70. The van der Waals surface area contributed by atoms with Crippen molar-refractivity contribution >= 4 is 46.0 Å². The molecule has 0 N–H and O–H groups in total. The van der Waals surface area contributed by atoms with E-state index in [4.69, 9.17) is 16.7 Å². The van der Waals surface area contributed by atoms with E-state index in [0.717, 1.165) is 35.4 Å². The first-order valence-electron chi connectivity index (χ1n) is 8.34. The van der Waals surface area contributed by atoms with Crippen LogP contribution in [0.1, 0.15) is 46.3 Å². The third-order valence-electron chi connectivity index (χ3n) is 4.71. The summed E-state index contributed by atoms with van der Waals surface area (Å²) in [5.74, 6) is 0.213. The summed E-state index contributed by atoms with van der Waals surface area (Å²) < 4.78 is 0. The SMILES string of the molecule is CC(=O)c1cc2c(s1)CCCC1CC(=O)N(c3ccc(Cl)cc3)N=C21. The van der Waals surface area contributed by atoms with Crippen LogP contribution in [0, 0.1) is 5.92 Å². The molecule has 0 saturated heterocycles. The van der Waals surface area contributed by atoms with Crippen molar-refractivity contribution < 1.29 is 9.59 Å². The minimum absolute atomic E-state index is 0.00143. The van der Waals surface area contributed by atoms with E-state index >= 15 is 0 Å². The van der Waals surface area contributed by atoms with Gasteiger partial charge in [0, 0.05) is 27.8 Å². The summed E-state index contributed by atoms with van der Waals surface area (Å²) in [5, 5.41) is 6.81. The van der Waals surface area contributed by atoms with Crippen LogP contribution >= 0.6 is 22.9 Å². The number of ketones is 1. The van der Waals surface area contributed by atoms with E-state index in [9.17, 15) is 9.59 Å². The molecule has 1 aromatic heterocycles. The number of amides is 1. The van der Waals surface area contributed by atoms with Crippen molar-refractivity contribution in [2.75, 3.05) is 5.01 Å². The molecule has 1 atom stereocenters. The lowest BCUT2D eigenvalue weighted by atomic mass is 9.90. The minimum Gasteiger partial charge on any atom is -0.294 e. The number of thiophene rings is 1. The Morgan fingerprint density at radius 1 is 1.32 bits per heavy atom. The molecule has 2 aliphatic rings. The maximum Gasteiger partial charge on any atom is 0.248 e. The fraction of sp³-hybridized carbons (Fsp3) is 0.316. The summed E-state index contributed by atoms with van der Waals surface area (Å²) in [6, 6.07) is 9.07. The molecule has 1 aliphatic carbocycles. The van der Waals surface area contributed by atoms with Crippen molar-refractivity contribution in [3.05, 3.63) is 50.7 Å². The van der Waals surface area contributed by atoms with Gasteiger partial charge in [0.05, 0.1) is 16.3 Å². The number of hydrogen-bond donors (Lipinski definition) is 0. The highest BCUT2D eigenvalue weighted by Crippen LogP contribution is 2.36. The highest BCUT2D eigenvalue weighted by Gasteiger charge is 2.34. The molecule has 2 aromatic rings. The lowest BCUT2D eigenvalue weighted by molar-refractivity contribution is -0.119. The molecule has 4 rings (SSSR count). The van der Waals surface area contributed by atoms with E-state index in [-0.39, 0.29) is 17.6 Å². The molecule has 6 heteroatoms. The summed E-state index contributed by atoms with van der Waals surface area (Å²) in [4.78, 5) is 26.4. The van der Waals surface area contributed by atoms with Crippen LogP contribution in [0.5, 0.6) is 0 Å². The number of halogens is 1. The fourth-order valence-corrected chi connectivity index (χ4v) is 4.68. The van der Waals surface area contributed by atoms with Crippen molar-refractivity contribution in [1.29, 1.82) is 0 Å². The molecular formula is C19H17ClN2O2S. The summed E-state index contributed by atoms with van der Waals surface area (Å²) >= 11 is 7.51. The maximum atomic E-state index is 12.6. The standard InChI is InChI=1S/C19H17ClN2O2S/c1-11(23)17-10-15-16(25-17)4-2-3-12-9-18(24)22(21-19(12)15)14-7-5-13(20)6-8-14/h5-8,10,12H,2-4,9H2,1H3. The van der Waals surface area contributed by atoms with Crippen molar-refractivity contribution in [1.82, 2.24) is 0 Å². The predicted octanol–water partition coefficient (Wildman–Crippen LogP) is 4.70. The number of carbonyl (C=O) groups excluding carboxylic acids is 2. The summed E-state index contributed by atoms with van der Waals surface area (Å²) in [6.45, 7) is 1.59. The first kappa shape index (κ1) is 16.5. The van der Waals surface area contributed by atoms with E-state index in [1.165, 1.54) is 9.89 Å². The van der Waals surface area contributed by atoms with Crippen LogP contribution in [-0.4, -0.2) is 17.4 Å². The Labute approximate surface area is 155 Å². The van der Waals surface area contributed by atoms with E-state index < -0.39 is 0 Å². The van der Waals surface area contributed by atoms with Gasteiger partial charge < -0.3 is 0 Å². The Hall–Kier alpha value is -1.98. The molecular weight excluding hydrogens is 356 g/mol. The maximum absolute atomic E-state index is 12.6. The zero-order valence-electron chi connectivity index (χ0n) is 13.8. The van der Waals surface area contributed by atoms with Gasteiger partial charge in [-0.3, -0.25) is 9.59 Å². The van der Waals surface area contributed by atoms with Gasteiger partial charge in [0.1, 0.15) is 0 Å². The van der Waals surface area contributed by atoms with Crippen LogP contribution < -0.4 is 5.01 Å². The monoisotopic (exact) mass is 372 g/mol. The van der Waals surface area contributed by atoms with Crippen molar-refractivity contribution in [2.24, 2.45) is 11.0 Å². The number of fused-ring (bicyclic) bond motifs is 3. The van der Waals surface area contributed by atoms with Crippen LogP contribution in [0.3, 0.4) is 0 Å². The van der Waals surface area contributed by atoms with Gasteiger partial charge in [-0.15, -0.1) is 11.3 Å². The normalized spacial score (nSPS) is 19.8. The molecule has 1 amide bonds. The molecule has 0 saturated carbocycles. The second-order valence-electron chi connectivity index (χ2n) is 6.46. The average molecular weight is 373 g/mol. The number of aryl methyl sites for hydroxylation is 1. The van der Waals surface area contributed by atoms with E-state index in [1.54, 1.807) is 42.5 Å². The zero-order chi connectivity index (χ0) is 17.6. The summed E-state index contributed by atoms with van der Waals surface area (Å²) in [7, 11) is 0. The van der Waals surface area contributed by atoms with Gasteiger partial charge in [0.25, 0.3) is 0 Å². The van der Waals surface area contributed by atoms with Crippen molar-refractivity contribution in [3.8, 4) is 0 Å². The molecule has 0 spiro atoms. The van der Waals surface area contributed by atoms with Gasteiger partial charge >= 0.3 is 0 Å². The Bertz CT molecular complexity index is 885. The topological polar surface area (TPSA) is 49.7 Å². The van der Waals surface area contributed by atoms with Crippen molar-refractivity contribution in [2.45, 2.75) is 32.6 Å². The first-order valence-corrected chi connectivity index (χ1v) is 9.53. The first-order chi connectivity index (χ1) is 12.0. The van der Waals surface area contributed by atoms with Gasteiger partial charge in [-0.2, -0.15) is 5.10 Å². The van der Waals surface area contributed by atoms with Gasteiger partial charge in [0.15, 0.2) is 5.78 Å². The van der Waals surface area contributed by atoms with Gasteiger partial charge in [-0.1, -0.05) is 11.6 Å². The average Bonchev–Trinajstić information content (AvgIpc) is 2.94. The van der Waals surface area contributed by atoms with Crippen LogP contribution in [0.4, 0.5) is 5.69 Å². The molecule has 0 fully saturated rings. The number of nitrogens with zero attached hydrogens (tertiary/aromatic N) is 2. The number of hydrazone groups is 1. The quantitative estimate of drug-likeness (QED) is 0.717. The number of benzene rings is 1. The predicted molar refractivity (Wildman–Crippen MR) is 101 cm³/mol. The fourth-order valence-electron chi connectivity index (χ4n) is 3.45. The minimum atomic E-state index is 0.00143. The molecule has 128 valence electrons. The van der Waals surface area contributed by atoms with Gasteiger partial charge in [0.2, 0.25) is 5.91 Å². The van der Waals surface area contributed by atoms with E-state index in [1.807, 2.05) is 6.07 Å². The second kappa shape index (κ2) is 6.39. The van der Waals surface area contributed by atoms with Crippen LogP contribution in [0.2, 0.25) is 5.02 Å². The molecule has 1 aliphatic heterocycles. The molecule has 2 heterocycles. The largest absolute Gasteiger partial charge is 0.294 e. The van der Waals surface area contributed by atoms with Gasteiger partial charge in [-0.25, -0.2) is 5.01 Å². The number of rotatable bonds is 2. The zero-order valence-corrected chi connectivity index (χ0v) is 15.4. The molecule has 1 unspecified atom stereocenters. The van der Waals surface area contributed by atoms with E-state index in [2.05, 4.69) is 0 Å². The smallest absolute Gasteiger partial charge is 0.248 e. The highest BCUT2D eigenvalue weighted by atomic mass is 35.5. The molecule has 25 heavy (non-hydrogen) atoms. The van der Waals surface area contributed by atoms with Crippen LogP contribution in [0.25, 0.3) is 0 Å². The lowest BCUT2D eigenvalue weighted by Gasteiger charge is -2.28. The summed E-state index contributed by atoms with van der Waals surface area (Å²) in [6.07, 6.45) is 3.36. The second-order valence-corrected chi connectivity index (χ2v) is 8.04. The number of Topliss-reactive ketones (excluding diaryl/α,β-unsaturated/α-hetero) is 1. The Morgan fingerprint density at radius 2 is 2.08 bits per heavy atom. The number of carbonyl (C=O) groups is 2. The number of hydrogen-bond acceptors (Lipinski definition) is 4.